The van der Waals surface area contributed by atoms with Gasteiger partial charge in [0.15, 0.2) is 0 Å². The number of phenols is 2. The lowest BCUT2D eigenvalue weighted by Gasteiger charge is -2.00. The van der Waals surface area contributed by atoms with Crippen LogP contribution in [0.2, 0.25) is 0 Å². The van der Waals surface area contributed by atoms with Gasteiger partial charge >= 0.3 is 0 Å². The van der Waals surface area contributed by atoms with E-state index in [0.717, 1.165) is 11.3 Å². The van der Waals surface area contributed by atoms with E-state index in [1.54, 1.807) is 0 Å². The lowest BCUT2D eigenvalue weighted by Crippen LogP contribution is -1.80. The van der Waals surface area contributed by atoms with Crippen LogP contribution in [0.25, 0.3) is 10.1 Å². The summed E-state index contributed by atoms with van der Waals surface area (Å²) < 4.78 is 25.2. The molecule has 2 N–H and O–H groups in total. The summed E-state index contributed by atoms with van der Waals surface area (Å²) in [6.07, 6.45) is -2.64. The van der Waals surface area contributed by atoms with Crippen molar-refractivity contribution in [2.75, 3.05) is 0 Å². The minimum atomic E-state index is -2.64. The average molecular weight is 216 g/mol. The van der Waals surface area contributed by atoms with Crippen LogP contribution < -0.4 is 0 Å². The summed E-state index contributed by atoms with van der Waals surface area (Å²) in [6, 6.07) is 2.49. The molecule has 0 aliphatic carbocycles. The summed E-state index contributed by atoms with van der Waals surface area (Å²) in [4.78, 5) is 0. The molecule has 0 saturated carbocycles. The van der Waals surface area contributed by atoms with E-state index in [1.807, 2.05) is 0 Å². The topological polar surface area (TPSA) is 40.5 Å². The zero-order valence-corrected chi connectivity index (χ0v) is 7.68. The molecule has 5 heteroatoms. The van der Waals surface area contributed by atoms with Crippen LogP contribution in [-0.2, 0) is 0 Å². The third kappa shape index (κ3) is 1.21. The highest BCUT2D eigenvalue weighted by molar-refractivity contribution is 7.17. The van der Waals surface area contributed by atoms with Crippen molar-refractivity contribution >= 4 is 21.4 Å². The average Bonchev–Trinajstić information content (AvgIpc) is 2.56. The molecule has 0 saturated heterocycles. The predicted molar refractivity (Wildman–Crippen MR) is 50.1 cm³/mol. The van der Waals surface area contributed by atoms with Gasteiger partial charge in [-0.2, -0.15) is 0 Å². The zero-order chi connectivity index (χ0) is 10.3. The Morgan fingerprint density at radius 2 is 1.79 bits per heavy atom. The fraction of sp³-hybridized carbons (Fsp3) is 0.111. The third-order valence-corrected chi connectivity index (χ3v) is 2.96. The fourth-order valence-electron chi connectivity index (χ4n) is 1.30. The maximum absolute atomic E-state index is 12.5. The minimum Gasteiger partial charge on any atom is -0.507 e. The Kier molecular flexibility index (Phi) is 2.03. The van der Waals surface area contributed by atoms with Gasteiger partial charge in [-0.3, -0.25) is 0 Å². The second-order valence-electron chi connectivity index (χ2n) is 2.80. The first-order valence-electron chi connectivity index (χ1n) is 3.81. The van der Waals surface area contributed by atoms with Crippen molar-refractivity contribution in [3.8, 4) is 11.5 Å². The molecule has 2 nitrogen and oxygen atoms in total. The van der Waals surface area contributed by atoms with Gasteiger partial charge in [0.05, 0.1) is 4.70 Å². The molecule has 0 amide bonds. The van der Waals surface area contributed by atoms with E-state index >= 15 is 0 Å². The van der Waals surface area contributed by atoms with E-state index in [-0.39, 0.29) is 22.4 Å². The molecule has 2 aromatic rings. The number of hydrogen-bond acceptors (Lipinski definition) is 3. The van der Waals surface area contributed by atoms with Gasteiger partial charge in [-0.05, 0) is 12.1 Å². The van der Waals surface area contributed by atoms with Crippen LogP contribution in [0.15, 0.2) is 17.5 Å². The SMILES string of the molecule is Oc1ccc(O)c2c(C(F)F)csc12. The smallest absolute Gasteiger partial charge is 0.265 e. The maximum atomic E-state index is 12.5. The van der Waals surface area contributed by atoms with Crippen molar-refractivity contribution in [3.05, 3.63) is 23.1 Å². The number of benzene rings is 1. The van der Waals surface area contributed by atoms with Crippen LogP contribution >= 0.6 is 11.3 Å². The van der Waals surface area contributed by atoms with Gasteiger partial charge in [-0.25, -0.2) is 8.78 Å². The molecule has 0 fully saturated rings. The Hall–Kier alpha value is -1.36. The largest absolute Gasteiger partial charge is 0.507 e. The Balaban J connectivity index is 2.84. The van der Waals surface area contributed by atoms with Crippen molar-refractivity contribution in [1.82, 2.24) is 0 Å². The summed E-state index contributed by atoms with van der Waals surface area (Å²) in [7, 11) is 0. The van der Waals surface area contributed by atoms with Crippen LogP contribution in [0, 0.1) is 0 Å². The molecular formula is C9H6F2O2S. The van der Waals surface area contributed by atoms with Gasteiger partial charge in [-0.15, -0.1) is 11.3 Å². The van der Waals surface area contributed by atoms with Gasteiger partial charge in [-0.1, -0.05) is 0 Å². The van der Waals surface area contributed by atoms with Crippen molar-refractivity contribution in [2.45, 2.75) is 6.43 Å². The summed E-state index contributed by atoms with van der Waals surface area (Å²) >= 11 is 0.993. The Morgan fingerprint density at radius 3 is 2.43 bits per heavy atom. The Bertz CT molecular complexity index is 479. The molecular weight excluding hydrogens is 210 g/mol. The summed E-state index contributed by atoms with van der Waals surface area (Å²) in [6.45, 7) is 0. The molecule has 2 rings (SSSR count). The molecule has 1 aromatic heterocycles. The van der Waals surface area contributed by atoms with E-state index in [9.17, 15) is 19.0 Å². The predicted octanol–water partition coefficient (Wildman–Crippen LogP) is 3.25. The summed E-state index contributed by atoms with van der Waals surface area (Å²) in [5.74, 6) is -0.316. The lowest BCUT2D eigenvalue weighted by molar-refractivity contribution is 0.153. The zero-order valence-electron chi connectivity index (χ0n) is 6.87. The van der Waals surface area contributed by atoms with E-state index < -0.39 is 6.43 Å². The maximum Gasteiger partial charge on any atom is 0.265 e. The van der Waals surface area contributed by atoms with Gasteiger partial charge in [0.2, 0.25) is 0 Å². The van der Waals surface area contributed by atoms with Gasteiger partial charge in [0.1, 0.15) is 11.5 Å². The first-order valence-corrected chi connectivity index (χ1v) is 4.69. The van der Waals surface area contributed by atoms with Crippen LogP contribution in [-0.4, -0.2) is 10.2 Å². The third-order valence-electron chi connectivity index (χ3n) is 1.94. The van der Waals surface area contributed by atoms with Crippen LogP contribution in [0.3, 0.4) is 0 Å². The van der Waals surface area contributed by atoms with Crippen LogP contribution in [0.4, 0.5) is 8.78 Å². The van der Waals surface area contributed by atoms with Crippen molar-refractivity contribution in [3.63, 3.8) is 0 Å². The second-order valence-corrected chi connectivity index (χ2v) is 3.68. The number of halogens is 2. The second kappa shape index (κ2) is 3.09. The number of thiophene rings is 1. The molecule has 0 unspecified atom stereocenters. The molecule has 0 aliphatic rings. The Morgan fingerprint density at radius 1 is 1.14 bits per heavy atom. The van der Waals surface area contributed by atoms with Crippen LogP contribution in [0.5, 0.6) is 11.5 Å². The lowest BCUT2D eigenvalue weighted by atomic mass is 10.1. The van der Waals surface area contributed by atoms with E-state index in [4.69, 9.17) is 0 Å². The number of hydrogen-bond donors (Lipinski definition) is 2. The van der Waals surface area contributed by atoms with Gasteiger partial charge < -0.3 is 10.2 Å². The minimum absolute atomic E-state index is 0.0463. The van der Waals surface area contributed by atoms with Gasteiger partial charge in [0, 0.05) is 16.3 Å². The molecule has 1 aromatic carbocycles. The normalized spacial score (nSPS) is 11.4. The number of fused-ring (bicyclic) bond motifs is 1. The van der Waals surface area contributed by atoms with Gasteiger partial charge in [0.25, 0.3) is 6.43 Å². The van der Waals surface area contributed by atoms with Crippen molar-refractivity contribution in [1.29, 1.82) is 0 Å². The molecule has 0 atom stereocenters. The highest BCUT2D eigenvalue weighted by atomic mass is 32.1. The molecule has 0 aliphatic heterocycles. The van der Waals surface area contributed by atoms with Crippen molar-refractivity contribution < 1.29 is 19.0 Å². The number of rotatable bonds is 1. The van der Waals surface area contributed by atoms with E-state index in [2.05, 4.69) is 0 Å². The monoisotopic (exact) mass is 216 g/mol. The first kappa shape index (κ1) is 9.21. The fourth-order valence-corrected chi connectivity index (χ4v) is 2.30. The molecule has 0 spiro atoms. The van der Waals surface area contributed by atoms with E-state index in [0.29, 0.717) is 4.70 Å². The Labute approximate surface area is 82.0 Å². The summed E-state index contributed by atoms with van der Waals surface area (Å²) in [5.41, 5.74) is -0.238. The molecule has 1 heterocycles. The summed E-state index contributed by atoms with van der Waals surface area (Å²) in [5, 5.41) is 20.0. The van der Waals surface area contributed by atoms with Crippen LogP contribution in [0.1, 0.15) is 12.0 Å². The molecule has 0 radical (unpaired) electrons. The number of phenolic OH excluding ortho intramolecular Hbond substituents is 2. The molecule has 14 heavy (non-hydrogen) atoms. The molecule has 0 bridgehead atoms. The van der Waals surface area contributed by atoms with Crippen molar-refractivity contribution in [2.24, 2.45) is 0 Å². The highest BCUT2D eigenvalue weighted by Gasteiger charge is 2.18. The first-order chi connectivity index (χ1) is 6.61. The number of aromatic hydroxyl groups is 2. The molecule has 74 valence electrons. The van der Waals surface area contributed by atoms with E-state index in [1.165, 1.54) is 17.5 Å². The highest BCUT2D eigenvalue weighted by Crippen LogP contribution is 2.42. The number of alkyl halides is 2. The quantitative estimate of drug-likeness (QED) is 0.718. The standard InChI is InChI=1S/C9H6F2O2S/c10-9(11)4-3-14-8-6(13)2-1-5(12)7(4)8/h1-3,9,12-13H.